The minimum absolute atomic E-state index is 0.0402. The van der Waals surface area contributed by atoms with Crippen LogP contribution in [-0.4, -0.2) is 54.4 Å². The lowest BCUT2D eigenvalue weighted by molar-refractivity contribution is -0.104. The summed E-state index contributed by atoms with van der Waals surface area (Å²) in [5.41, 5.74) is 1.07. The molecule has 0 bridgehead atoms. The van der Waals surface area contributed by atoms with Crippen LogP contribution in [0.5, 0.6) is 0 Å². The van der Waals surface area contributed by atoms with E-state index in [0.717, 1.165) is 63.2 Å². The fraction of sp³-hybridized carbons (Fsp3) is 0.727. The second-order valence-electron chi connectivity index (χ2n) is 14.3. The van der Waals surface area contributed by atoms with E-state index in [1.807, 2.05) is 12.1 Å². The van der Waals surface area contributed by atoms with E-state index in [9.17, 15) is 14.5 Å². The third-order valence-corrected chi connectivity index (χ3v) is 8.88. The molecule has 0 radical (unpaired) electrons. The molecule has 8 heteroatoms. The molecule has 1 aromatic rings. The smallest absolute Gasteiger partial charge is 0.316 e. The molecule has 41 heavy (non-hydrogen) atoms. The van der Waals surface area contributed by atoms with Gasteiger partial charge in [0, 0.05) is 23.3 Å². The number of benzene rings is 1. The largest absolute Gasteiger partial charge is 0.377 e. The standard InChI is InChI=1S/C33H52N4O4/c1-8-9-27-23-41-21-20-37(27)29(22-38)35-33(18-14-26(15-19-33)32(5,6)7)34-28(16-17-31(2,3)4)24-10-12-25(13-11-24)30(39)36-40/h10-13,22,26-28,34H,8-9,14-21,23H2,1-7H3/t26?,27?,28-,33?/m1/s1. The highest BCUT2D eigenvalue weighted by Crippen LogP contribution is 2.43. The van der Waals surface area contributed by atoms with Crippen molar-refractivity contribution in [3.63, 3.8) is 0 Å². The number of carbonyl (C=O) groups excluding carboxylic acids is 2. The van der Waals surface area contributed by atoms with Crippen molar-refractivity contribution < 1.29 is 14.3 Å². The molecule has 228 valence electrons. The lowest BCUT2D eigenvalue weighted by atomic mass is 9.69. The third kappa shape index (κ3) is 9.27. The number of amidine groups is 1. The van der Waals surface area contributed by atoms with E-state index in [1.54, 1.807) is 12.1 Å². The van der Waals surface area contributed by atoms with Crippen LogP contribution in [0.2, 0.25) is 0 Å². The van der Waals surface area contributed by atoms with Gasteiger partial charge in [-0.2, -0.15) is 0 Å². The van der Waals surface area contributed by atoms with E-state index < -0.39 is 11.6 Å². The summed E-state index contributed by atoms with van der Waals surface area (Å²) in [7, 11) is 0. The van der Waals surface area contributed by atoms with Crippen molar-refractivity contribution in [1.29, 1.82) is 0 Å². The molecule has 0 aromatic heterocycles. The van der Waals surface area contributed by atoms with Gasteiger partial charge in [0.1, 0.15) is 5.66 Å². The molecule has 1 saturated carbocycles. The molecular formula is C33H52N4O4. The highest BCUT2D eigenvalue weighted by molar-refractivity contribution is 6.27. The molecule has 0 spiro atoms. The maximum Gasteiger partial charge on any atom is 0.316 e. The quantitative estimate of drug-likeness (QED) is 0.140. The monoisotopic (exact) mass is 568 g/mol. The summed E-state index contributed by atoms with van der Waals surface area (Å²) in [4.78, 5) is 42.8. The van der Waals surface area contributed by atoms with Crippen molar-refractivity contribution in [2.45, 2.75) is 118 Å². The highest BCUT2D eigenvalue weighted by atomic mass is 16.5. The number of rotatable bonds is 10. The number of morpholine rings is 1. The molecule has 1 N–H and O–H groups in total. The Morgan fingerprint density at radius 2 is 1.80 bits per heavy atom. The van der Waals surface area contributed by atoms with Gasteiger partial charge in [-0.25, -0.2) is 4.99 Å². The molecule has 1 unspecified atom stereocenters. The van der Waals surface area contributed by atoms with Crippen molar-refractivity contribution >= 4 is 18.0 Å². The third-order valence-electron chi connectivity index (χ3n) is 8.88. The Kier molecular flexibility index (Phi) is 11.4. The van der Waals surface area contributed by atoms with Crippen molar-refractivity contribution in [2.75, 3.05) is 19.8 Å². The summed E-state index contributed by atoms with van der Waals surface area (Å²) in [6.45, 7) is 17.7. The number of ether oxygens (including phenoxy) is 1. The van der Waals surface area contributed by atoms with Gasteiger partial charge in [0.25, 0.3) is 0 Å². The molecule has 2 fully saturated rings. The first-order valence-electron chi connectivity index (χ1n) is 15.5. The van der Waals surface area contributed by atoms with Crippen LogP contribution in [-0.2, 0) is 9.53 Å². The van der Waals surface area contributed by atoms with E-state index in [2.05, 4.69) is 63.9 Å². The molecule has 1 aliphatic carbocycles. The number of amides is 1. The van der Waals surface area contributed by atoms with Gasteiger partial charge in [0.2, 0.25) is 0 Å². The fourth-order valence-corrected chi connectivity index (χ4v) is 6.29. The zero-order valence-electron chi connectivity index (χ0n) is 26.4. The van der Waals surface area contributed by atoms with Crippen molar-refractivity contribution in [3.8, 4) is 0 Å². The van der Waals surface area contributed by atoms with Crippen LogP contribution in [0.3, 0.4) is 0 Å². The Morgan fingerprint density at radius 1 is 1.15 bits per heavy atom. The van der Waals surface area contributed by atoms with Gasteiger partial charge in [-0.3, -0.25) is 14.9 Å². The number of aldehydes is 1. The first-order chi connectivity index (χ1) is 19.3. The zero-order valence-corrected chi connectivity index (χ0v) is 26.4. The van der Waals surface area contributed by atoms with Crippen molar-refractivity contribution in [3.05, 3.63) is 40.3 Å². The summed E-state index contributed by atoms with van der Waals surface area (Å²) in [6.07, 6.45) is 8.48. The summed E-state index contributed by atoms with van der Waals surface area (Å²) in [5, 5.41) is 6.54. The molecule has 1 aromatic carbocycles. The Bertz CT molecular complexity index is 1040. The summed E-state index contributed by atoms with van der Waals surface area (Å²) < 4.78 is 5.77. The maximum absolute atomic E-state index is 12.6. The predicted octanol–water partition coefficient (Wildman–Crippen LogP) is 7.08. The molecule has 2 atom stereocenters. The van der Waals surface area contributed by atoms with Crippen LogP contribution in [0.25, 0.3) is 0 Å². The first-order valence-corrected chi connectivity index (χ1v) is 15.5. The molecule has 1 saturated heterocycles. The van der Waals surface area contributed by atoms with E-state index in [0.29, 0.717) is 31.5 Å². The molecule has 1 aliphatic heterocycles. The van der Waals surface area contributed by atoms with Crippen LogP contribution >= 0.6 is 0 Å². The number of hydrogen-bond donors (Lipinski definition) is 1. The van der Waals surface area contributed by atoms with Crippen LogP contribution in [0.15, 0.2) is 34.4 Å². The Balaban J connectivity index is 2.02. The highest BCUT2D eigenvalue weighted by Gasteiger charge is 2.41. The molecule has 8 nitrogen and oxygen atoms in total. The number of nitrogens with one attached hydrogen (secondary N) is 1. The van der Waals surface area contributed by atoms with Gasteiger partial charge in [-0.05, 0) is 79.4 Å². The topological polar surface area (TPSA) is 100 Å². The average molecular weight is 569 g/mol. The first kappa shape index (κ1) is 33.1. The van der Waals surface area contributed by atoms with Gasteiger partial charge in [0.05, 0.1) is 19.3 Å². The van der Waals surface area contributed by atoms with E-state index in [4.69, 9.17) is 9.73 Å². The molecular weight excluding hydrogens is 516 g/mol. The average Bonchev–Trinajstić information content (AvgIpc) is 2.93. The number of aliphatic imine (C=N–C) groups is 1. The van der Waals surface area contributed by atoms with E-state index >= 15 is 0 Å². The van der Waals surface area contributed by atoms with Crippen LogP contribution in [0.4, 0.5) is 0 Å². The van der Waals surface area contributed by atoms with Gasteiger partial charge in [0.15, 0.2) is 12.1 Å². The molecule has 1 heterocycles. The normalized spacial score (nSPS) is 25.0. The fourth-order valence-electron chi connectivity index (χ4n) is 6.29. The minimum atomic E-state index is -0.764. The Morgan fingerprint density at radius 3 is 2.34 bits per heavy atom. The lowest BCUT2D eigenvalue weighted by Gasteiger charge is -2.45. The number of nitroso groups, excluding NO2 is 1. The number of nitrogens with zero attached hydrogens (tertiary/aromatic N) is 3. The van der Waals surface area contributed by atoms with Gasteiger partial charge in [-0.1, -0.05) is 67.0 Å². The predicted molar refractivity (Wildman–Crippen MR) is 165 cm³/mol. The Labute approximate surface area is 247 Å². The summed E-state index contributed by atoms with van der Waals surface area (Å²) in [6, 6.07) is 7.29. The molecule has 1 amide bonds. The van der Waals surface area contributed by atoms with Crippen LogP contribution < -0.4 is 5.32 Å². The second kappa shape index (κ2) is 14.1. The summed E-state index contributed by atoms with van der Waals surface area (Å²) in [5.74, 6) is 0.332. The number of carbonyl (C=O) groups is 2. The zero-order chi connectivity index (χ0) is 30.3. The summed E-state index contributed by atoms with van der Waals surface area (Å²) >= 11 is 0. The Hall–Kier alpha value is -2.45. The van der Waals surface area contributed by atoms with Gasteiger partial charge >= 0.3 is 5.91 Å². The van der Waals surface area contributed by atoms with Gasteiger partial charge in [-0.15, -0.1) is 4.91 Å². The molecule has 2 aliphatic rings. The van der Waals surface area contributed by atoms with E-state index in [1.165, 1.54) is 0 Å². The van der Waals surface area contributed by atoms with Crippen molar-refractivity contribution in [2.24, 2.45) is 26.9 Å². The van der Waals surface area contributed by atoms with Crippen molar-refractivity contribution in [1.82, 2.24) is 10.2 Å². The maximum atomic E-state index is 12.6. The SMILES string of the molecule is CCCC1COCCN1C(C=O)=NC1(N[C@H](CCC(C)(C)C)c2ccc(C(=O)N=O)cc2)CCC(C(C)(C)C)CC1. The van der Waals surface area contributed by atoms with Gasteiger partial charge < -0.3 is 9.64 Å². The second-order valence-corrected chi connectivity index (χ2v) is 14.3. The van der Waals surface area contributed by atoms with Crippen LogP contribution in [0.1, 0.15) is 122 Å². The minimum Gasteiger partial charge on any atom is -0.377 e. The number of hydrogen-bond acceptors (Lipinski definition) is 6. The molecule has 3 rings (SSSR count). The lowest BCUT2D eigenvalue weighted by Crippen LogP contribution is -2.54. The van der Waals surface area contributed by atoms with E-state index in [-0.39, 0.29) is 28.5 Å². The van der Waals surface area contributed by atoms with Crippen LogP contribution in [0, 0.1) is 21.7 Å².